The van der Waals surface area contributed by atoms with E-state index in [1.807, 2.05) is 48.9 Å². The van der Waals surface area contributed by atoms with E-state index in [0.29, 0.717) is 6.42 Å². The Kier molecular flexibility index (Phi) is 5.65. The number of nitrogens with one attached hydrogen (secondary N) is 1. The zero-order valence-corrected chi connectivity index (χ0v) is 15.9. The van der Waals surface area contributed by atoms with E-state index in [2.05, 4.69) is 15.3 Å². The van der Waals surface area contributed by atoms with Gasteiger partial charge in [-0.05, 0) is 25.5 Å². The van der Waals surface area contributed by atoms with E-state index in [1.165, 1.54) is 11.3 Å². The molecule has 1 N–H and O–H groups in total. The average Bonchev–Trinajstić information content (AvgIpc) is 3.16. The highest BCUT2D eigenvalue weighted by atomic mass is 32.2. The number of para-hydroxylation sites is 1. The monoisotopic (exact) mass is 375 g/mol. The van der Waals surface area contributed by atoms with Crippen molar-refractivity contribution in [2.75, 3.05) is 5.32 Å². The van der Waals surface area contributed by atoms with Gasteiger partial charge < -0.3 is 5.32 Å². The lowest BCUT2D eigenvalue weighted by Gasteiger charge is -2.06. The van der Waals surface area contributed by atoms with Crippen LogP contribution in [0.25, 0.3) is 0 Å². The van der Waals surface area contributed by atoms with Crippen LogP contribution in [0.3, 0.4) is 0 Å². The summed E-state index contributed by atoms with van der Waals surface area (Å²) >= 11 is 4.87. The summed E-state index contributed by atoms with van der Waals surface area (Å²) < 4.78 is 1.05. The second-order valence-corrected chi connectivity index (χ2v) is 8.34. The molecule has 0 unspecified atom stereocenters. The summed E-state index contributed by atoms with van der Waals surface area (Å²) in [5, 5.41) is 7.85. The summed E-state index contributed by atoms with van der Waals surface area (Å²) in [5.74, 6) is 0.747. The number of hydrogen-bond acceptors (Lipinski definition) is 6. The number of thiazole rings is 2. The summed E-state index contributed by atoms with van der Waals surface area (Å²) in [6, 6.07) is 7.77. The smallest absolute Gasteiger partial charge is 0.231 e. The molecule has 0 radical (unpaired) electrons. The van der Waals surface area contributed by atoms with Crippen molar-refractivity contribution < 1.29 is 4.79 Å². The Morgan fingerprint density at radius 2 is 2.00 bits per heavy atom. The van der Waals surface area contributed by atoms with Crippen molar-refractivity contribution in [2.45, 2.75) is 30.4 Å². The number of thioether (sulfide) groups is 1. The molecule has 4 nitrogen and oxygen atoms in total. The molecule has 0 spiro atoms. The minimum Gasteiger partial charge on any atom is -0.325 e. The summed E-state index contributed by atoms with van der Waals surface area (Å²) in [4.78, 5) is 21.1. The second-order valence-electron chi connectivity index (χ2n) is 5.32. The van der Waals surface area contributed by atoms with E-state index in [4.69, 9.17) is 0 Å². The number of benzene rings is 1. The van der Waals surface area contributed by atoms with Gasteiger partial charge in [-0.25, -0.2) is 9.97 Å². The van der Waals surface area contributed by atoms with E-state index < -0.39 is 0 Å². The summed E-state index contributed by atoms with van der Waals surface area (Å²) in [6.45, 7) is 3.98. The lowest BCUT2D eigenvalue weighted by atomic mass is 10.2. The molecule has 0 saturated carbocycles. The zero-order chi connectivity index (χ0) is 16.9. The van der Waals surface area contributed by atoms with Gasteiger partial charge in [-0.2, -0.15) is 0 Å². The van der Waals surface area contributed by atoms with Crippen LogP contribution in [0.1, 0.15) is 22.0 Å². The molecule has 1 aromatic carbocycles. The van der Waals surface area contributed by atoms with Gasteiger partial charge in [-0.15, -0.1) is 22.7 Å². The van der Waals surface area contributed by atoms with Crippen LogP contribution < -0.4 is 5.32 Å². The number of aromatic nitrogens is 2. The highest BCUT2D eigenvalue weighted by Gasteiger charge is 2.10. The van der Waals surface area contributed by atoms with Crippen molar-refractivity contribution >= 4 is 46.0 Å². The molecule has 0 aliphatic heterocycles. The van der Waals surface area contributed by atoms with Gasteiger partial charge in [0.15, 0.2) is 0 Å². The molecule has 0 aliphatic carbocycles. The van der Waals surface area contributed by atoms with Gasteiger partial charge in [0.2, 0.25) is 5.91 Å². The number of carbonyl (C=O) groups is 1. The molecule has 24 heavy (non-hydrogen) atoms. The van der Waals surface area contributed by atoms with Crippen LogP contribution in [0.2, 0.25) is 0 Å². The van der Waals surface area contributed by atoms with Crippen LogP contribution in [0.4, 0.5) is 5.69 Å². The molecule has 0 aliphatic rings. The first kappa shape index (κ1) is 17.1. The van der Waals surface area contributed by atoms with Gasteiger partial charge in [0, 0.05) is 27.9 Å². The van der Waals surface area contributed by atoms with Crippen LogP contribution in [0.5, 0.6) is 0 Å². The molecule has 2 heterocycles. The van der Waals surface area contributed by atoms with Gasteiger partial charge >= 0.3 is 0 Å². The van der Waals surface area contributed by atoms with Gasteiger partial charge in [-0.3, -0.25) is 4.79 Å². The Bertz CT molecular complexity index is 841. The lowest BCUT2D eigenvalue weighted by Crippen LogP contribution is -2.15. The number of aryl methyl sites for hydroxylation is 2. The molecular weight excluding hydrogens is 358 g/mol. The number of nitrogens with zero attached hydrogens (tertiary/aromatic N) is 2. The van der Waals surface area contributed by atoms with Crippen LogP contribution in [-0.2, 0) is 17.0 Å². The third-order valence-corrected chi connectivity index (χ3v) is 6.34. The maximum Gasteiger partial charge on any atom is 0.231 e. The molecule has 0 atom stereocenters. The van der Waals surface area contributed by atoms with Crippen molar-refractivity contribution in [1.29, 1.82) is 0 Å². The number of carbonyl (C=O) groups excluding carboxylic acids is 1. The third kappa shape index (κ3) is 4.66. The Hall–Kier alpha value is -1.70. The van der Waals surface area contributed by atoms with Crippen molar-refractivity contribution in [3.05, 3.63) is 57.0 Å². The molecule has 0 fully saturated rings. The topological polar surface area (TPSA) is 54.9 Å². The lowest BCUT2D eigenvalue weighted by molar-refractivity contribution is -0.115. The molecular formula is C17H17N3OS3. The number of amides is 1. The molecule has 7 heteroatoms. The minimum atomic E-state index is -0.0339. The number of anilines is 1. The highest BCUT2D eigenvalue weighted by molar-refractivity contribution is 8.00. The predicted octanol–water partition coefficient (Wildman–Crippen LogP) is 4.69. The molecule has 0 bridgehead atoms. The summed E-state index contributed by atoms with van der Waals surface area (Å²) in [6.07, 6.45) is 0.306. The van der Waals surface area contributed by atoms with Crippen LogP contribution in [0.15, 0.2) is 39.4 Å². The Labute approximate surface area is 153 Å². The Balaban J connectivity index is 1.53. The molecule has 3 rings (SSSR count). The summed E-state index contributed by atoms with van der Waals surface area (Å²) in [5.41, 5.74) is 3.96. The molecule has 1 amide bonds. The first-order valence-electron chi connectivity index (χ1n) is 7.44. The normalized spacial score (nSPS) is 10.8. The molecule has 124 valence electrons. The SMILES string of the molecule is Cc1csc(SCc2csc(CC(=O)Nc3ccccc3C)n2)n1. The van der Waals surface area contributed by atoms with E-state index in [9.17, 15) is 4.79 Å². The zero-order valence-electron chi connectivity index (χ0n) is 13.4. The maximum atomic E-state index is 12.2. The van der Waals surface area contributed by atoms with Crippen LogP contribution in [-0.4, -0.2) is 15.9 Å². The minimum absolute atomic E-state index is 0.0339. The van der Waals surface area contributed by atoms with E-state index in [1.54, 1.807) is 23.1 Å². The van der Waals surface area contributed by atoms with Gasteiger partial charge in [-0.1, -0.05) is 30.0 Å². The third-order valence-electron chi connectivity index (χ3n) is 3.27. The first-order valence-corrected chi connectivity index (χ1v) is 10.2. The number of rotatable bonds is 6. The van der Waals surface area contributed by atoms with Crippen LogP contribution in [0, 0.1) is 13.8 Å². The van der Waals surface area contributed by atoms with E-state index in [-0.39, 0.29) is 5.91 Å². The van der Waals surface area contributed by atoms with E-state index >= 15 is 0 Å². The van der Waals surface area contributed by atoms with E-state index in [0.717, 1.165) is 37.7 Å². The maximum absolute atomic E-state index is 12.2. The number of hydrogen-bond donors (Lipinski definition) is 1. The second kappa shape index (κ2) is 7.92. The first-order chi connectivity index (χ1) is 11.6. The van der Waals surface area contributed by atoms with Gasteiger partial charge in [0.25, 0.3) is 0 Å². The standard InChI is InChI=1S/C17H17N3OS3/c1-11-5-3-4-6-14(11)20-15(21)7-16-19-13(9-22-16)10-24-17-18-12(2)8-23-17/h3-6,8-9H,7,10H2,1-2H3,(H,20,21). The Morgan fingerprint density at radius 3 is 2.75 bits per heavy atom. The molecule has 0 saturated heterocycles. The average molecular weight is 376 g/mol. The fourth-order valence-corrected chi connectivity index (χ4v) is 4.72. The van der Waals surface area contributed by atoms with Crippen molar-refractivity contribution in [3.63, 3.8) is 0 Å². The summed E-state index contributed by atoms with van der Waals surface area (Å²) in [7, 11) is 0. The molecule has 3 aromatic rings. The predicted molar refractivity (Wildman–Crippen MR) is 102 cm³/mol. The largest absolute Gasteiger partial charge is 0.325 e. The fourth-order valence-electron chi connectivity index (χ4n) is 2.08. The quantitative estimate of drug-likeness (QED) is 0.635. The highest BCUT2D eigenvalue weighted by Crippen LogP contribution is 2.26. The van der Waals surface area contributed by atoms with Gasteiger partial charge in [0.05, 0.1) is 12.1 Å². The van der Waals surface area contributed by atoms with Gasteiger partial charge in [0.1, 0.15) is 9.35 Å². The van der Waals surface area contributed by atoms with Crippen molar-refractivity contribution in [3.8, 4) is 0 Å². The van der Waals surface area contributed by atoms with Crippen LogP contribution >= 0.6 is 34.4 Å². The fraction of sp³-hybridized carbons (Fsp3) is 0.235. The Morgan fingerprint density at radius 1 is 1.17 bits per heavy atom. The molecule has 2 aromatic heterocycles. The van der Waals surface area contributed by atoms with Crippen molar-refractivity contribution in [1.82, 2.24) is 9.97 Å². The van der Waals surface area contributed by atoms with Crippen molar-refractivity contribution in [2.24, 2.45) is 0 Å².